The minimum absolute atomic E-state index is 0.0323. The van der Waals surface area contributed by atoms with Crippen molar-refractivity contribution in [3.05, 3.63) is 51.4 Å². The smallest absolute Gasteiger partial charge is 0.315 e. The zero-order valence-corrected chi connectivity index (χ0v) is 18.8. The summed E-state index contributed by atoms with van der Waals surface area (Å²) in [6.45, 7) is 4.21. The molecule has 3 rings (SSSR count). The Labute approximate surface area is 190 Å². The van der Waals surface area contributed by atoms with Crippen LogP contribution in [0, 0.1) is 26.9 Å². The first-order valence-electron chi connectivity index (χ1n) is 9.31. The van der Waals surface area contributed by atoms with Gasteiger partial charge < -0.3 is 20.4 Å². The van der Waals surface area contributed by atoms with E-state index < -0.39 is 17.5 Å². The van der Waals surface area contributed by atoms with Gasteiger partial charge in [-0.25, -0.2) is 13.2 Å². The molecule has 0 aliphatic rings. The Bertz CT molecular complexity index is 1090. The summed E-state index contributed by atoms with van der Waals surface area (Å²) in [7, 11) is 0. The highest BCUT2D eigenvalue weighted by Crippen LogP contribution is 2.34. The van der Waals surface area contributed by atoms with E-state index in [0.29, 0.717) is 16.7 Å². The van der Waals surface area contributed by atoms with Gasteiger partial charge in [-0.05, 0) is 52.9 Å². The van der Waals surface area contributed by atoms with Crippen LogP contribution in [0.2, 0.25) is 0 Å². The van der Waals surface area contributed by atoms with Gasteiger partial charge >= 0.3 is 6.01 Å². The quantitative estimate of drug-likeness (QED) is 0.281. The van der Waals surface area contributed by atoms with Crippen LogP contribution in [-0.2, 0) is 4.79 Å². The van der Waals surface area contributed by atoms with Crippen molar-refractivity contribution in [3.63, 3.8) is 0 Å². The molecular weight excluding hydrogens is 526 g/mol. The number of halogens is 4. The number of carbonyl (C=O) groups is 1. The van der Waals surface area contributed by atoms with Gasteiger partial charge in [-0.3, -0.25) is 4.79 Å². The Balaban J connectivity index is 1.79. The summed E-state index contributed by atoms with van der Waals surface area (Å²) in [5.74, 6) is -3.27. The van der Waals surface area contributed by atoms with E-state index in [-0.39, 0.29) is 40.7 Å². The monoisotopic (exact) mass is 545 g/mol. The zero-order chi connectivity index (χ0) is 22.5. The summed E-state index contributed by atoms with van der Waals surface area (Å²) < 4.78 is 48.7. The molecule has 0 spiro atoms. The number of carbonyl (C=O) groups excluding carboxylic acids is 1. The molecule has 0 aliphatic carbocycles. The van der Waals surface area contributed by atoms with Crippen molar-refractivity contribution in [3.8, 4) is 11.5 Å². The molecule has 1 amide bonds. The first-order valence-corrected chi connectivity index (χ1v) is 10.4. The minimum Gasteiger partial charge on any atom is -0.403 e. The molecule has 0 atom stereocenters. The summed E-state index contributed by atoms with van der Waals surface area (Å²) in [5, 5.41) is 15.8. The van der Waals surface area contributed by atoms with Gasteiger partial charge in [0.15, 0.2) is 11.6 Å². The average Bonchev–Trinajstić information content (AvgIpc) is 3.19. The van der Waals surface area contributed by atoms with E-state index in [1.165, 1.54) is 18.2 Å². The maximum Gasteiger partial charge on any atom is 0.315 e. The molecule has 0 saturated carbocycles. The maximum atomic E-state index is 14.5. The molecule has 3 aromatic rings. The van der Waals surface area contributed by atoms with Gasteiger partial charge in [0.25, 0.3) is 5.89 Å². The summed E-state index contributed by atoms with van der Waals surface area (Å²) in [4.78, 5) is 11.5. The summed E-state index contributed by atoms with van der Waals surface area (Å²) >= 11 is 1.94. The van der Waals surface area contributed by atoms with E-state index in [2.05, 4.69) is 26.1 Å². The number of benzene rings is 2. The maximum absolute atomic E-state index is 14.5. The SMILES string of the molecule is CC(C)C(=O)NCCNc1nnc(-c2ccc(F)c(F)c2Nc2ccc(I)cc2F)o1. The third-order valence-corrected chi connectivity index (χ3v) is 4.84. The Morgan fingerprint density at radius 1 is 1.10 bits per heavy atom. The lowest BCUT2D eigenvalue weighted by molar-refractivity contribution is -0.123. The van der Waals surface area contributed by atoms with Crippen molar-refractivity contribution in [2.24, 2.45) is 5.92 Å². The van der Waals surface area contributed by atoms with Crippen LogP contribution >= 0.6 is 22.6 Å². The molecular formula is C20H19F3IN5O2. The van der Waals surface area contributed by atoms with Crippen molar-refractivity contribution in [1.82, 2.24) is 15.5 Å². The van der Waals surface area contributed by atoms with E-state index in [1.54, 1.807) is 19.9 Å². The summed E-state index contributed by atoms with van der Waals surface area (Å²) in [5.41, 5.74) is -0.310. The van der Waals surface area contributed by atoms with Gasteiger partial charge in [0.1, 0.15) is 5.82 Å². The molecule has 0 unspecified atom stereocenters. The minimum atomic E-state index is -1.21. The second-order valence-corrected chi connectivity index (χ2v) is 8.06. The highest BCUT2D eigenvalue weighted by molar-refractivity contribution is 14.1. The average molecular weight is 545 g/mol. The van der Waals surface area contributed by atoms with Gasteiger partial charge in [-0.15, -0.1) is 5.10 Å². The number of aromatic nitrogens is 2. The first kappa shape index (κ1) is 22.8. The van der Waals surface area contributed by atoms with Gasteiger partial charge in [0.05, 0.1) is 16.9 Å². The van der Waals surface area contributed by atoms with Crippen molar-refractivity contribution >= 4 is 45.9 Å². The Kier molecular flexibility index (Phi) is 7.36. The summed E-state index contributed by atoms with van der Waals surface area (Å²) in [6, 6.07) is 6.49. The van der Waals surface area contributed by atoms with Crippen LogP contribution in [0.25, 0.3) is 11.5 Å². The molecule has 0 aliphatic heterocycles. The molecule has 0 fully saturated rings. The van der Waals surface area contributed by atoms with Gasteiger partial charge in [-0.2, -0.15) is 0 Å². The normalized spacial score (nSPS) is 10.9. The molecule has 0 bridgehead atoms. The lowest BCUT2D eigenvalue weighted by atomic mass is 10.1. The molecule has 7 nitrogen and oxygen atoms in total. The number of hydrogen-bond acceptors (Lipinski definition) is 6. The number of anilines is 3. The van der Waals surface area contributed by atoms with Gasteiger partial charge in [-0.1, -0.05) is 18.9 Å². The second-order valence-electron chi connectivity index (χ2n) is 6.82. The Morgan fingerprint density at radius 3 is 2.58 bits per heavy atom. The van der Waals surface area contributed by atoms with E-state index in [4.69, 9.17) is 4.42 Å². The van der Waals surface area contributed by atoms with E-state index in [1.807, 2.05) is 22.6 Å². The van der Waals surface area contributed by atoms with Crippen LogP contribution in [0.1, 0.15) is 13.8 Å². The van der Waals surface area contributed by atoms with E-state index >= 15 is 0 Å². The second kappa shape index (κ2) is 9.98. The molecule has 0 saturated heterocycles. The third kappa shape index (κ3) is 5.66. The Hall–Kier alpha value is -2.83. The predicted molar refractivity (Wildman–Crippen MR) is 118 cm³/mol. The van der Waals surface area contributed by atoms with Crippen LogP contribution in [-0.4, -0.2) is 29.2 Å². The van der Waals surface area contributed by atoms with Crippen molar-refractivity contribution in [2.75, 3.05) is 23.7 Å². The van der Waals surface area contributed by atoms with Crippen LogP contribution in [0.4, 0.5) is 30.6 Å². The lowest BCUT2D eigenvalue weighted by Gasteiger charge is -2.12. The summed E-state index contributed by atoms with van der Waals surface area (Å²) in [6.07, 6.45) is 0. The zero-order valence-electron chi connectivity index (χ0n) is 16.6. The highest BCUT2D eigenvalue weighted by Gasteiger charge is 2.20. The van der Waals surface area contributed by atoms with Crippen LogP contribution in [0.5, 0.6) is 0 Å². The molecule has 1 aromatic heterocycles. The first-order chi connectivity index (χ1) is 14.8. The van der Waals surface area contributed by atoms with Crippen LogP contribution in [0.15, 0.2) is 34.7 Å². The number of hydrogen-bond donors (Lipinski definition) is 3. The molecule has 164 valence electrons. The fourth-order valence-electron chi connectivity index (χ4n) is 2.54. The van der Waals surface area contributed by atoms with Gasteiger partial charge in [0.2, 0.25) is 5.91 Å². The standard InChI is InChI=1S/C20H19F3IN5O2/c1-10(2)18(30)25-7-8-26-20-29-28-19(31-20)12-4-5-13(21)16(23)17(12)27-15-6-3-11(24)9-14(15)22/h3-6,9-10,27H,7-8H2,1-2H3,(H,25,30)(H,26,29). The molecule has 31 heavy (non-hydrogen) atoms. The Morgan fingerprint density at radius 2 is 1.87 bits per heavy atom. The molecule has 11 heteroatoms. The predicted octanol–water partition coefficient (Wildman–Crippen LogP) is 4.69. The van der Waals surface area contributed by atoms with Crippen LogP contribution in [0.3, 0.4) is 0 Å². The number of rotatable bonds is 8. The van der Waals surface area contributed by atoms with E-state index in [0.717, 1.165) is 6.07 Å². The fraction of sp³-hybridized carbons (Fsp3) is 0.250. The number of amides is 1. The van der Waals surface area contributed by atoms with Gasteiger partial charge in [0, 0.05) is 22.6 Å². The number of nitrogens with zero attached hydrogens (tertiary/aromatic N) is 2. The molecule has 0 radical (unpaired) electrons. The molecule has 3 N–H and O–H groups in total. The fourth-order valence-corrected chi connectivity index (χ4v) is 2.99. The van der Waals surface area contributed by atoms with Crippen molar-refractivity contribution in [2.45, 2.75) is 13.8 Å². The largest absolute Gasteiger partial charge is 0.403 e. The lowest BCUT2D eigenvalue weighted by Crippen LogP contribution is -2.31. The third-order valence-electron chi connectivity index (χ3n) is 4.17. The molecule has 2 aromatic carbocycles. The van der Waals surface area contributed by atoms with Crippen molar-refractivity contribution < 1.29 is 22.4 Å². The topological polar surface area (TPSA) is 92.1 Å². The molecule has 1 heterocycles. The van der Waals surface area contributed by atoms with Crippen LogP contribution < -0.4 is 16.0 Å². The van der Waals surface area contributed by atoms with E-state index in [9.17, 15) is 18.0 Å². The highest BCUT2D eigenvalue weighted by atomic mass is 127. The number of nitrogens with one attached hydrogen (secondary N) is 3. The van der Waals surface area contributed by atoms with Crippen molar-refractivity contribution in [1.29, 1.82) is 0 Å².